The molecular weight excluding hydrogens is 674 g/mol. The monoisotopic (exact) mass is 733 g/mol. The third-order valence-corrected chi connectivity index (χ3v) is 12.9. The van der Waals surface area contributed by atoms with Crippen LogP contribution in [0.4, 0.5) is 0 Å². The summed E-state index contributed by atoms with van der Waals surface area (Å²) in [6, 6.07) is -3.78. The second-order valence-corrected chi connectivity index (χ2v) is 17.6. The van der Waals surface area contributed by atoms with Crippen molar-refractivity contribution >= 4 is 35.3 Å². The highest BCUT2D eigenvalue weighted by Gasteiger charge is 2.55. The van der Waals surface area contributed by atoms with Crippen molar-refractivity contribution in [2.24, 2.45) is 35.0 Å². The molecule has 3 saturated carbocycles. The molecule has 0 aromatic carbocycles. The van der Waals surface area contributed by atoms with E-state index in [1.807, 2.05) is 27.7 Å². The van der Waals surface area contributed by atoms with Crippen LogP contribution < -0.4 is 21.3 Å². The number of nitrogens with one attached hydrogen (secondary N) is 4. The molecule has 1 aromatic heterocycles. The number of hydrogen-bond acceptors (Lipinski definition) is 8. The van der Waals surface area contributed by atoms with Crippen molar-refractivity contribution in [2.75, 3.05) is 6.54 Å². The number of likely N-dealkylation sites (tertiary alicyclic amines) is 1. The van der Waals surface area contributed by atoms with E-state index in [-0.39, 0.29) is 35.4 Å². The number of hydrogen-bond donors (Lipinski definition) is 4. The summed E-state index contributed by atoms with van der Waals surface area (Å²) < 4.78 is 0. The molecule has 5 aliphatic rings. The van der Waals surface area contributed by atoms with Crippen molar-refractivity contribution in [3.63, 3.8) is 0 Å². The summed E-state index contributed by atoms with van der Waals surface area (Å²) in [5.41, 5.74) is -0.634. The number of ketones is 1. The van der Waals surface area contributed by atoms with Crippen molar-refractivity contribution < 1.29 is 28.8 Å². The number of nitrogens with zero attached hydrogens (tertiary/aromatic N) is 3. The Bertz CT molecular complexity index is 1520. The first kappa shape index (κ1) is 38.8. The molecule has 13 nitrogen and oxygen atoms in total. The van der Waals surface area contributed by atoms with Gasteiger partial charge in [0.1, 0.15) is 23.8 Å². The molecule has 0 spiro atoms. The SMILES string of the molecule is C[C@H](NC(=O)C(=O)[C@@H]1CCC2C[C@H]3CN(C(=O)[C@@H](NC(=O)[C@@H](NC(=O)c4cnccn4)C4CCCCC4)C(C)(C)C)[C@H](C(=O)N1)[C@H]3C2)C1CCCCC1. The molecule has 290 valence electrons. The van der Waals surface area contributed by atoms with Gasteiger partial charge in [-0.15, -0.1) is 0 Å². The Morgan fingerprint density at radius 2 is 1.53 bits per heavy atom. The van der Waals surface area contributed by atoms with E-state index in [0.717, 1.165) is 77.0 Å². The van der Waals surface area contributed by atoms with Gasteiger partial charge < -0.3 is 26.2 Å². The maximum absolute atomic E-state index is 14.7. The molecule has 8 atom stereocenters. The number of aromatic nitrogens is 2. The van der Waals surface area contributed by atoms with E-state index in [1.54, 1.807) is 4.90 Å². The predicted molar refractivity (Wildman–Crippen MR) is 197 cm³/mol. The van der Waals surface area contributed by atoms with Crippen LogP contribution in [-0.2, 0) is 24.0 Å². The lowest BCUT2D eigenvalue weighted by molar-refractivity contribution is -0.146. The first-order valence-electron chi connectivity index (χ1n) is 20.1. The van der Waals surface area contributed by atoms with Crippen LogP contribution >= 0.6 is 0 Å². The second-order valence-electron chi connectivity index (χ2n) is 17.6. The number of amides is 5. The van der Waals surface area contributed by atoms with Crippen molar-refractivity contribution in [2.45, 2.75) is 148 Å². The zero-order valence-corrected chi connectivity index (χ0v) is 31.9. The van der Waals surface area contributed by atoms with Crippen LogP contribution in [-0.4, -0.2) is 86.9 Å². The van der Waals surface area contributed by atoms with Crippen molar-refractivity contribution in [3.05, 3.63) is 24.3 Å². The molecular formula is C40H59N7O6. The smallest absolute Gasteiger partial charge is 0.289 e. The summed E-state index contributed by atoms with van der Waals surface area (Å²) in [7, 11) is 0. The second kappa shape index (κ2) is 16.6. The topological polar surface area (TPSA) is 180 Å². The van der Waals surface area contributed by atoms with Crippen LogP contribution in [0.1, 0.15) is 128 Å². The number of rotatable bonds is 10. The van der Waals surface area contributed by atoms with E-state index in [4.69, 9.17) is 0 Å². The van der Waals surface area contributed by atoms with E-state index >= 15 is 0 Å². The molecule has 5 amide bonds. The Balaban J connectivity index is 1.18. The fourth-order valence-electron chi connectivity index (χ4n) is 9.93. The minimum atomic E-state index is -0.992. The highest BCUT2D eigenvalue weighted by atomic mass is 16.2. The number of Topliss-reactive ketones (excluding diaryl/α,β-unsaturated/α-hetero) is 1. The molecule has 2 bridgehead atoms. The van der Waals surface area contributed by atoms with Gasteiger partial charge in [-0.05, 0) is 93.3 Å². The Morgan fingerprint density at radius 3 is 2.17 bits per heavy atom. The molecule has 13 heteroatoms. The standard InChI is InChI=1S/C40H59N7O6/c1-23(25-11-7-5-8-12-25)43-38(52)33(48)29-16-15-24-19-27-22-47(32(28(27)20-24)37(51)44-29)39(53)34(40(2,3)4)46-36(50)31(26-13-9-6-10-14-26)45-35(49)30-21-41-17-18-42-30/h17-18,21,23-29,31-32,34H,5-16,19-20,22H2,1-4H3,(H,43,52)(H,44,51)(H,45,49)(H,46,50)/t23-,24?,27-,28-,29-,31-,32-,34+/m0/s1. The average molecular weight is 734 g/mol. The molecule has 5 fully saturated rings. The third-order valence-electron chi connectivity index (χ3n) is 12.9. The number of fused-ring (bicyclic) bond motifs is 1. The Labute approximate surface area is 313 Å². The number of carbonyl (C=O) groups is 6. The molecule has 3 aliphatic carbocycles. The largest absolute Gasteiger partial charge is 0.347 e. The summed E-state index contributed by atoms with van der Waals surface area (Å²) in [5, 5.41) is 11.8. The summed E-state index contributed by atoms with van der Waals surface area (Å²) in [6.45, 7) is 7.97. The van der Waals surface area contributed by atoms with E-state index in [1.165, 1.54) is 25.0 Å². The lowest BCUT2D eigenvalue weighted by Crippen LogP contribution is -2.62. The first-order valence-corrected chi connectivity index (χ1v) is 20.1. The van der Waals surface area contributed by atoms with Gasteiger partial charge in [-0.1, -0.05) is 59.3 Å². The quantitative estimate of drug-likeness (QED) is 0.264. The molecule has 2 aliphatic heterocycles. The average Bonchev–Trinajstić information content (AvgIpc) is 3.72. The van der Waals surface area contributed by atoms with Gasteiger partial charge >= 0.3 is 0 Å². The molecule has 53 heavy (non-hydrogen) atoms. The van der Waals surface area contributed by atoms with Crippen molar-refractivity contribution in [1.29, 1.82) is 0 Å². The van der Waals surface area contributed by atoms with Crippen LogP contribution in [0.5, 0.6) is 0 Å². The van der Waals surface area contributed by atoms with Crippen LogP contribution in [0.2, 0.25) is 0 Å². The van der Waals surface area contributed by atoms with Crippen LogP contribution in [0.25, 0.3) is 0 Å². The minimum absolute atomic E-state index is 0.0736. The molecule has 4 N–H and O–H groups in total. The number of carbonyl (C=O) groups excluding carboxylic acids is 6. The molecule has 1 unspecified atom stereocenters. The van der Waals surface area contributed by atoms with Crippen LogP contribution in [0.15, 0.2) is 18.6 Å². The Hall–Kier alpha value is -3.90. The van der Waals surface area contributed by atoms with E-state index in [9.17, 15) is 28.8 Å². The molecule has 0 radical (unpaired) electrons. The molecule has 6 rings (SSSR count). The van der Waals surface area contributed by atoms with Gasteiger partial charge in [-0.25, -0.2) is 4.98 Å². The summed E-state index contributed by atoms with van der Waals surface area (Å²) >= 11 is 0. The van der Waals surface area contributed by atoms with Gasteiger partial charge in [0.25, 0.3) is 11.8 Å². The Kier molecular flexibility index (Phi) is 12.2. The summed E-state index contributed by atoms with van der Waals surface area (Å²) in [5.74, 6) is -2.45. The minimum Gasteiger partial charge on any atom is -0.347 e. The zero-order chi connectivity index (χ0) is 37.9. The lowest BCUT2D eigenvalue weighted by atomic mass is 9.82. The van der Waals surface area contributed by atoms with Gasteiger partial charge in [-0.3, -0.25) is 33.8 Å². The summed E-state index contributed by atoms with van der Waals surface area (Å²) in [6.07, 6.45) is 16.9. The molecule has 2 saturated heterocycles. The zero-order valence-electron chi connectivity index (χ0n) is 31.9. The fraction of sp³-hybridized carbons (Fsp3) is 0.750. The van der Waals surface area contributed by atoms with E-state index < -0.39 is 59.0 Å². The highest BCUT2D eigenvalue weighted by molar-refractivity contribution is 6.38. The van der Waals surface area contributed by atoms with Gasteiger partial charge in [0, 0.05) is 25.0 Å². The predicted octanol–water partition coefficient (Wildman–Crippen LogP) is 3.47. The first-order chi connectivity index (χ1) is 25.3. The van der Waals surface area contributed by atoms with Crippen LogP contribution in [0, 0.1) is 35.0 Å². The van der Waals surface area contributed by atoms with Gasteiger partial charge in [0.2, 0.25) is 23.5 Å². The third kappa shape index (κ3) is 8.91. The highest BCUT2D eigenvalue weighted by Crippen LogP contribution is 2.48. The normalized spacial score (nSPS) is 28.3. The van der Waals surface area contributed by atoms with Crippen molar-refractivity contribution in [1.82, 2.24) is 36.1 Å². The maximum Gasteiger partial charge on any atom is 0.289 e. The van der Waals surface area contributed by atoms with E-state index in [2.05, 4.69) is 31.2 Å². The van der Waals surface area contributed by atoms with Gasteiger partial charge in [0.15, 0.2) is 0 Å². The van der Waals surface area contributed by atoms with Gasteiger partial charge in [-0.2, -0.15) is 0 Å². The maximum atomic E-state index is 14.7. The van der Waals surface area contributed by atoms with Crippen LogP contribution in [0.3, 0.4) is 0 Å². The van der Waals surface area contributed by atoms with Crippen molar-refractivity contribution in [3.8, 4) is 0 Å². The lowest BCUT2D eigenvalue weighted by Gasteiger charge is -2.38. The molecule has 1 aromatic rings. The Morgan fingerprint density at radius 1 is 0.849 bits per heavy atom. The van der Waals surface area contributed by atoms with Gasteiger partial charge in [0.05, 0.1) is 12.2 Å². The summed E-state index contributed by atoms with van der Waals surface area (Å²) in [4.78, 5) is 92.9. The fourth-order valence-corrected chi connectivity index (χ4v) is 9.93. The van der Waals surface area contributed by atoms with E-state index in [0.29, 0.717) is 24.8 Å². The molecule has 3 heterocycles.